The molecule has 1 unspecified atom stereocenters. The third-order valence-electron chi connectivity index (χ3n) is 5.22. The zero-order valence-electron chi connectivity index (χ0n) is 17.4. The average Bonchev–Trinajstić information content (AvgIpc) is 2.72. The SMILES string of the molecule is CCCCOc1cc2c(cc1OC)C(/C=C/c1ccc(OC)cc1C)NCC2. The van der Waals surface area contributed by atoms with Gasteiger partial charge in [-0.2, -0.15) is 0 Å². The van der Waals surface area contributed by atoms with E-state index >= 15 is 0 Å². The second-order valence-corrected chi connectivity index (χ2v) is 7.17. The highest BCUT2D eigenvalue weighted by atomic mass is 16.5. The summed E-state index contributed by atoms with van der Waals surface area (Å²) >= 11 is 0. The van der Waals surface area contributed by atoms with Crippen molar-refractivity contribution in [2.75, 3.05) is 27.4 Å². The molecule has 2 aromatic carbocycles. The predicted molar refractivity (Wildman–Crippen MR) is 115 cm³/mol. The monoisotopic (exact) mass is 381 g/mol. The van der Waals surface area contributed by atoms with Crippen molar-refractivity contribution in [3.8, 4) is 17.2 Å². The number of unbranched alkanes of at least 4 members (excludes halogenated alkanes) is 1. The molecule has 0 spiro atoms. The molecule has 150 valence electrons. The first-order valence-electron chi connectivity index (χ1n) is 10.1. The number of aryl methyl sites for hydroxylation is 1. The Balaban J connectivity index is 1.84. The van der Waals surface area contributed by atoms with E-state index in [-0.39, 0.29) is 6.04 Å². The molecule has 0 aliphatic carbocycles. The van der Waals surface area contributed by atoms with Crippen LogP contribution in [0, 0.1) is 6.92 Å². The molecule has 2 aromatic rings. The summed E-state index contributed by atoms with van der Waals surface area (Å²) in [5.41, 5.74) is 4.98. The topological polar surface area (TPSA) is 39.7 Å². The van der Waals surface area contributed by atoms with Crippen LogP contribution in [0.1, 0.15) is 48.1 Å². The van der Waals surface area contributed by atoms with Gasteiger partial charge in [0.25, 0.3) is 0 Å². The van der Waals surface area contributed by atoms with Crippen LogP contribution < -0.4 is 19.5 Å². The molecule has 0 radical (unpaired) electrons. The summed E-state index contributed by atoms with van der Waals surface area (Å²) < 4.78 is 16.9. The van der Waals surface area contributed by atoms with Crippen molar-refractivity contribution >= 4 is 6.08 Å². The zero-order chi connectivity index (χ0) is 19.9. The quantitative estimate of drug-likeness (QED) is 0.647. The molecule has 1 N–H and O–H groups in total. The number of hydrogen-bond acceptors (Lipinski definition) is 4. The molecule has 0 fully saturated rings. The van der Waals surface area contributed by atoms with Crippen molar-refractivity contribution in [3.05, 3.63) is 58.7 Å². The highest BCUT2D eigenvalue weighted by Gasteiger charge is 2.21. The predicted octanol–water partition coefficient (Wildman–Crippen LogP) is 5.09. The molecule has 4 nitrogen and oxygen atoms in total. The summed E-state index contributed by atoms with van der Waals surface area (Å²) in [6.07, 6.45) is 7.57. The van der Waals surface area contributed by atoms with E-state index in [9.17, 15) is 0 Å². The molecule has 1 atom stereocenters. The number of benzene rings is 2. The lowest BCUT2D eigenvalue weighted by Gasteiger charge is -2.26. The maximum atomic E-state index is 5.96. The Morgan fingerprint density at radius 1 is 1.11 bits per heavy atom. The Morgan fingerprint density at radius 3 is 2.68 bits per heavy atom. The van der Waals surface area contributed by atoms with Crippen LogP contribution in [0.4, 0.5) is 0 Å². The van der Waals surface area contributed by atoms with Crippen LogP contribution in [0.15, 0.2) is 36.4 Å². The minimum atomic E-state index is 0.156. The lowest BCUT2D eigenvalue weighted by atomic mass is 9.92. The third kappa shape index (κ3) is 4.68. The molecule has 1 heterocycles. The smallest absolute Gasteiger partial charge is 0.161 e. The van der Waals surface area contributed by atoms with Crippen molar-refractivity contribution in [2.24, 2.45) is 0 Å². The number of fused-ring (bicyclic) bond motifs is 1. The minimum Gasteiger partial charge on any atom is -0.497 e. The Morgan fingerprint density at radius 2 is 1.96 bits per heavy atom. The van der Waals surface area contributed by atoms with Gasteiger partial charge < -0.3 is 19.5 Å². The molecule has 0 amide bonds. The standard InChI is InChI=1S/C24H31NO3/c1-5-6-13-28-24-15-19-11-12-25-22(21(19)16-23(24)27-4)10-8-18-7-9-20(26-3)14-17(18)2/h7-10,14-16,22,25H,5-6,11-13H2,1-4H3/b10-8+. The lowest BCUT2D eigenvalue weighted by Crippen LogP contribution is -2.28. The van der Waals surface area contributed by atoms with Crippen molar-refractivity contribution in [2.45, 2.75) is 39.2 Å². The summed E-state index contributed by atoms with van der Waals surface area (Å²) in [5.74, 6) is 2.54. The van der Waals surface area contributed by atoms with E-state index in [0.717, 1.165) is 49.7 Å². The Hall–Kier alpha value is -2.46. The van der Waals surface area contributed by atoms with Gasteiger partial charge in [-0.05, 0) is 66.3 Å². The van der Waals surface area contributed by atoms with Crippen molar-refractivity contribution in [1.29, 1.82) is 0 Å². The van der Waals surface area contributed by atoms with Crippen LogP contribution >= 0.6 is 0 Å². The van der Waals surface area contributed by atoms with Crippen LogP contribution in [0.5, 0.6) is 17.2 Å². The van der Waals surface area contributed by atoms with E-state index in [1.807, 2.05) is 6.07 Å². The molecular weight excluding hydrogens is 350 g/mol. The summed E-state index contributed by atoms with van der Waals surface area (Å²) in [4.78, 5) is 0. The maximum absolute atomic E-state index is 5.96. The number of rotatable bonds is 8. The molecule has 0 aromatic heterocycles. The van der Waals surface area contributed by atoms with Gasteiger partial charge in [0.2, 0.25) is 0 Å². The number of nitrogens with one attached hydrogen (secondary N) is 1. The Bertz CT molecular complexity index is 829. The fraction of sp³-hybridized carbons (Fsp3) is 0.417. The van der Waals surface area contributed by atoms with Gasteiger partial charge in [-0.1, -0.05) is 31.6 Å². The van der Waals surface area contributed by atoms with Crippen molar-refractivity contribution < 1.29 is 14.2 Å². The molecule has 3 rings (SSSR count). The van der Waals surface area contributed by atoms with Gasteiger partial charge in [-0.25, -0.2) is 0 Å². The first-order valence-corrected chi connectivity index (χ1v) is 10.1. The molecule has 4 heteroatoms. The molecule has 28 heavy (non-hydrogen) atoms. The van der Waals surface area contributed by atoms with Crippen LogP contribution in [0.3, 0.4) is 0 Å². The second-order valence-electron chi connectivity index (χ2n) is 7.17. The van der Waals surface area contributed by atoms with Crippen LogP contribution in [0.2, 0.25) is 0 Å². The van der Waals surface area contributed by atoms with Gasteiger partial charge in [-0.15, -0.1) is 0 Å². The van der Waals surface area contributed by atoms with Crippen LogP contribution in [-0.4, -0.2) is 27.4 Å². The van der Waals surface area contributed by atoms with Gasteiger partial charge in [-0.3, -0.25) is 0 Å². The van der Waals surface area contributed by atoms with Gasteiger partial charge in [0.05, 0.1) is 26.9 Å². The van der Waals surface area contributed by atoms with Crippen LogP contribution in [0.25, 0.3) is 6.08 Å². The molecule has 0 bridgehead atoms. The molecule has 1 aliphatic heterocycles. The largest absolute Gasteiger partial charge is 0.497 e. The fourth-order valence-electron chi connectivity index (χ4n) is 3.53. The maximum Gasteiger partial charge on any atom is 0.161 e. The summed E-state index contributed by atoms with van der Waals surface area (Å²) in [6, 6.07) is 10.6. The van der Waals surface area contributed by atoms with E-state index in [0.29, 0.717) is 0 Å². The number of methoxy groups -OCH3 is 2. The Kier molecular flexibility index (Phi) is 6.99. The normalized spacial score (nSPS) is 16.1. The van der Waals surface area contributed by atoms with Crippen molar-refractivity contribution in [3.63, 3.8) is 0 Å². The lowest BCUT2D eigenvalue weighted by molar-refractivity contribution is 0.287. The highest BCUT2D eigenvalue weighted by Crippen LogP contribution is 2.36. The van der Waals surface area contributed by atoms with E-state index in [4.69, 9.17) is 14.2 Å². The molecular formula is C24H31NO3. The molecule has 0 saturated carbocycles. The van der Waals surface area contributed by atoms with Crippen molar-refractivity contribution in [1.82, 2.24) is 5.32 Å². The van der Waals surface area contributed by atoms with Gasteiger partial charge in [0, 0.05) is 6.54 Å². The third-order valence-corrected chi connectivity index (χ3v) is 5.22. The highest BCUT2D eigenvalue weighted by molar-refractivity contribution is 5.58. The van der Waals surface area contributed by atoms with Gasteiger partial charge >= 0.3 is 0 Å². The Labute approximate surface area is 168 Å². The van der Waals surface area contributed by atoms with Gasteiger partial charge in [0.1, 0.15) is 5.75 Å². The van der Waals surface area contributed by atoms with E-state index in [2.05, 4.69) is 55.6 Å². The van der Waals surface area contributed by atoms with E-state index in [1.54, 1.807) is 14.2 Å². The summed E-state index contributed by atoms with van der Waals surface area (Å²) in [5, 5.41) is 3.60. The van der Waals surface area contributed by atoms with E-state index < -0.39 is 0 Å². The summed E-state index contributed by atoms with van der Waals surface area (Å²) in [7, 11) is 3.40. The first kappa shape index (κ1) is 20.3. The summed E-state index contributed by atoms with van der Waals surface area (Å²) in [6.45, 7) is 5.95. The fourth-order valence-corrected chi connectivity index (χ4v) is 3.53. The average molecular weight is 382 g/mol. The number of hydrogen-bond donors (Lipinski definition) is 1. The molecule has 1 aliphatic rings. The van der Waals surface area contributed by atoms with Crippen LogP contribution in [-0.2, 0) is 6.42 Å². The second kappa shape index (κ2) is 9.65. The first-order chi connectivity index (χ1) is 13.7. The zero-order valence-corrected chi connectivity index (χ0v) is 17.4. The molecule has 0 saturated heterocycles. The minimum absolute atomic E-state index is 0.156. The number of ether oxygens (including phenoxy) is 3. The van der Waals surface area contributed by atoms with E-state index in [1.165, 1.54) is 22.3 Å². The van der Waals surface area contributed by atoms with Gasteiger partial charge in [0.15, 0.2) is 11.5 Å².